The van der Waals surface area contributed by atoms with Gasteiger partial charge in [-0.15, -0.1) is 0 Å². The van der Waals surface area contributed by atoms with Crippen LogP contribution in [-0.4, -0.2) is 22.9 Å². The number of benzene rings is 3. The van der Waals surface area contributed by atoms with Crippen molar-refractivity contribution in [2.45, 2.75) is 0 Å². The first-order valence-corrected chi connectivity index (χ1v) is 8.36. The molecule has 0 saturated carbocycles. The summed E-state index contributed by atoms with van der Waals surface area (Å²) in [6.45, 7) is 0. The number of carbonyl (C=O) groups excluding carboxylic acids is 2. The normalized spacial score (nSPS) is 10.3. The summed E-state index contributed by atoms with van der Waals surface area (Å²) in [4.78, 5) is 36.0. The summed E-state index contributed by atoms with van der Waals surface area (Å²) in [5.41, 5.74) is -0.727. The number of carbonyl (C=O) groups is 3. The molecule has 0 spiro atoms. The minimum Gasteiger partial charge on any atom is -0.478 e. The van der Waals surface area contributed by atoms with Gasteiger partial charge in [-0.2, -0.15) is 0 Å². The summed E-state index contributed by atoms with van der Waals surface area (Å²) in [5, 5.41) is 14.0. The Labute approximate surface area is 163 Å². The molecule has 8 heteroatoms. The molecule has 3 aromatic rings. The van der Waals surface area contributed by atoms with Crippen molar-refractivity contribution in [3.8, 4) is 0 Å². The largest absolute Gasteiger partial charge is 0.478 e. The lowest BCUT2D eigenvalue weighted by Crippen LogP contribution is -2.18. The molecule has 0 aromatic heterocycles. The van der Waals surface area contributed by atoms with Gasteiger partial charge in [0.15, 0.2) is 0 Å². The minimum absolute atomic E-state index is 0.0212. The zero-order chi connectivity index (χ0) is 21.0. The van der Waals surface area contributed by atoms with Gasteiger partial charge in [-0.1, -0.05) is 24.3 Å². The molecule has 0 heterocycles. The van der Waals surface area contributed by atoms with Gasteiger partial charge in [0.05, 0.1) is 28.1 Å². The summed E-state index contributed by atoms with van der Waals surface area (Å²) in [7, 11) is 0. The number of anilines is 2. The van der Waals surface area contributed by atoms with E-state index in [2.05, 4.69) is 10.6 Å². The Kier molecular flexibility index (Phi) is 5.64. The molecule has 0 aliphatic heterocycles. The van der Waals surface area contributed by atoms with Gasteiger partial charge < -0.3 is 15.7 Å². The lowest BCUT2D eigenvalue weighted by molar-refractivity contribution is 0.0696. The summed E-state index contributed by atoms with van der Waals surface area (Å²) in [6.07, 6.45) is 0. The summed E-state index contributed by atoms with van der Waals surface area (Å²) in [6, 6.07) is 14.1. The number of hydrogen-bond donors (Lipinski definition) is 3. The van der Waals surface area contributed by atoms with E-state index in [-0.39, 0.29) is 28.1 Å². The molecule has 0 aliphatic carbocycles. The topological polar surface area (TPSA) is 95.5 Å². The number of nitrogens with one attached hydrogen (secondary N) is 2. The maximum absolute atomic E-state index is 13.9. The molecule has 0 unspecified atom stereocenters. The zero-order valence-electron chi connectivity index (χ0n) is 14.8. The van der Waals surface area contributed by atoms with E-state index in [0.717, 1.165) is 18.2 Å². The van der Waals surface area contributed by atoms with Gasteiger partial charge in [0.1, 0.15) is 11.6 Å². The number of carboxylic acid groups (broad SMARTS) is 1. The Balaban J connectivity index is 1.94. The van der Waals surface area contributed by atoms with Gasteiger partial charge in [0.2, 0.25) is 0 Å². The molecule has 0 saturated heterocycles. The van der Waals surface area contributed by atoms with E-state index in [1.807, 2.05) is 0 Å². The number of carboxylic acids is 1. The predicted molar refractivity (Wildman–Crippen MR) is 102 cm³/mol. The number of rotatable bonds is 5. The standard InChI is InChI=1S/C21H14F2N2O4/c22-15-7-3-1-5-13(15)19(26)24-17-10-9-12(21(28)29)11-18(17)25-20(27)14-6-2-4-8-16(14)23/h1-11H,(H,24,26)(H,25,27)(H,28,29). The number of aromatic carboxylic acids is 1. The summed E-state index contributed by atoms with van der Waals surface area (Å²) < 4.78 is 27.7. The van der Waals surface area contributed by atoms with Gasteiger partial charge in [-0.25, -0.2) is 13.6 Å². The van der Waals surface area contributed by atoms with Crippen LogP contribution in [0.2, 0.25) is 0 Å². The average molecular weight is 396 g/mol. The highest BCUT2D eigenvalue weighted by atomic mass is 19.1. The fraction of sp³-hybridized carbons (Fsp3) is 0. The fourth-order valence-electron chi connectivity index (χ4n) is 2.56. The molecule has 146 valence electrons. The van der Waals surface area contributed by atoms with Crippen molar-refractivity contribution < 1.29 is 28.3 Å². The monoisotopic (exact) mass is 396 g/mol. The van der Waals surface area contributed by atoms with Gasteiger partial charge >= 0.3 is 5.97 Å². The second kappa shape index (κ2) is 8.30. The van der Waals surface area contributed by atoms with Crippen molar-refractivity contribution in [2.75, 3.05) is 10.6 Å². The number of halogens is 2. The van der Waals surface area contributed by atoms with E-state index in [9.17, 15) is 28.3 Å². The molecule has 29 heavy (non-hydrogen) atoms. The zero-order valence-corrected chi connectivity index (χ0v) is 14.8. The second-order valence-corrected chi connectivity index (χ2v) is 5.93. The third kappa shape index (κ3) is 4.44. The maximum Gasteiger partial charge on any atom is 0.335 e. The highest BCUT2D eigenvalue weighted by Gasteiger charge is 2.18. The van der Waals surface area contributed by atoms with Crippen molar-refractivity contribution in [3.05, 3.63) is 95.1 Å². The van der Waals surface area contributed by atoms with Crippen molar-refractivity contribution in [1.82, 2.24) is 0 Å². The van der Waals surface area contributed by atoms with Crippen LogP contribution in [0, 0.1) is 11.6 Å². The smallest absolute Gasteiger partial charge is 0.335 e. The molecule has 3 rings (SSSR count). The highest BCUT2D eigenvalue weighted by molar-refractivity contribution is 6.10. The first kappa shape index (κ1) is 19.7. The quantitative estimate of drug-likeness (QED) is 0.603. The number of amides is 2. The molecule has 3 N–H and O–H groups in total. The van der Waals surface area contributed by atoms with E-state index in [1.165, 1.54) is 48.5 Å². The molecule has 6 nitrogen and oxygen atoms in total. The first-order valence-electron chi connectivity index (χ1n) is 8.36. The second-order valence-electron chi connectivity index (χ2n) is 5.93. The maximum atomic E-state index is 13.9. The third-order valence-electron chi connectivity index (χ3n) is 4.00. The molecular weight excluding hydrogens is 382 g/mol. The van der Waals surface area contributed by atoms with E-state index in [4.69, 9.17) is 0 Å². The van der Waals surface area contributed by atoms with Gasteiger partial charge in [0, 0.05) is 0 Å². The summed E-state index contributed by atoms with van der Waals surface area (Å²) in [5.74, 6) is -4.42. The van der Waals surface area contributed by atoms with Gasteiger partial charge in [-0.3, -0.25) is 9.59 Å². The molecular formula is C21H14F2N2O4. The first-order chi connectivity index (χ1) is 13.9. The molecule has 0 fully saturated rings. The average Bonchev–Trinajstić information content (AvgIpc) is 2.69. The number of hydrogen-bond acceptors (Lipinski definition) is 3. The van der Waals surface area contributed by atoms with Crippen molar-refractivity contribution >= 4 is 29.2 Å². The Morgan fingerprint density at radius 1 is 0.690 bits per heavy atom. The van der Waals surface area contributed by atoms with E-state index in [1.54, 1.807) is 0 Å². The molecule has 0 radical (unpaired) electrons. The lowest BCUT2D eigenvalue weighted by atomic mass is 10.1. The van der Waals surface area contributed by atoms with Crippen molar-refractivity contribution in [1.29, 1.82) is 0 Å². The summed E-state index contributed by atoms with van der Waals surface area (Å²) >= 11 is 0. The lowest BCUT2D eigenvalue weighted by Gasteiger charge is -2.14. The van der Waals surface area contributed by atoms with E-state index < -0.39 is 29.4 Å². The van der Waals surface area contributed by atoms with Crippen LogP contribution in [0.5, 0.6) is 0 Å². The third-order valence-corrected chi connectivity index (χ3v) is 4.00. The van der Waals surface area contributed by atoms with Crippen LogP contribution >= 0.6 is 0 Å². The van der Waals surface area contributed by atoms with Gasteiger partial charge in [-0.05, 0) is 42.5 Å². The van der Waals surface area contributed by atoms with E-state index >= 15 is 0 Å². The SMILES string of the molecule is O=C(O)c1ccc(NC(=O)c2ccccc2F)c(NC(=O)c2ccccc2F)c1. The predicted octanol–water partition coefficient (Wildman–Crippen LogP) is 4.17. The fourth-order valence-corrected chi connectivity index (χ4v) is 2.56. The van der Waals surface area contributed by atoms with Crippen LogP contribution in [0.4, 0.5) is 20.2 Å². The molecule has 0 bridgehead atoms. The Morgan fingerprint density at radius 3 is 1.66 bits per heavy atom. The Morgan fingerprint density at radius 2 is 1.17 bits per heavy atom. The van der Waals surface area contributed by atoms with Crippen LogP contribution in [0.25, 0.3) is 0 Å². The van der Waals surface area contributed by atoms with Crippen LogP contribution in [0.15, 0.2) is 66.7 Å². The van der Waals surface area contributed by atoms with E-state index in [0.29, 0.717) is 0 Å². The Hall–Kier alpha value is -4.07. The van der Waals surface area contributed by atoms with Gasteiger partial charge in [0.25, 0.3) is 11.8 Å². The highest BCUT2D eigenvalue weighted by Crippen LogP contribution is 2.25. The molecule has 2 amide bonds. The Bertz CT molecular complexity index is 1120. The minimum atomic E-state index is -1.27. The van der Waals surface area contributed by atoms with Crippen LogP contribution in [-0.2, 0) is 0 Å². The van der Waals surface area contributed by atoms with Crippen LogP contribution in [0.3, 0.4) is 0 Å². The van der Waals surface area contributed by atoms with Crippen molar-refractivity contribution in [3.63, 3.8) is 0 Å². The molecule has 0 aliphatic rings. The molecule has 0 atom stereocenters. The van der Waals surface area contributed by atoms with Crippen LogP contribution < -0.4 is 10.6 Å². The molecule has 3 aromatic carbocycles. The van der Waals surface area contributed by atoms with Crippen LogP contribution in [0.1, 0.15) is 31.1 Å². The van der Waals surface area contributed by atoms with Crippen molar-refractivity contribution in [2.24, 2.45) is 0 Å².